The number of fused-ring (bicyclic) bond motifs is 2. The predicted molar refractivity (Wildman–Crippen MR) is 88.5 cm³/mol. The summed E-state index contributed by atoms with van der Waals surface area (Å²) in [6, 6.07) is 6.69. The van der Waals surface area contributed by atoms with Crippen molar-refractivity contribution in [3.05, 3.63) is 29.8 Å². The second kappa shape index (κ2) is 5.04. The van der Waals surface area contributed by atoms with Gasteiger partial charge in [-0.05, 0) is 49.1 Å². The Morgan fingerprint density at radius 2 is 1.78 bits per heavy atom. The average molecular weight is 338 g/mol. The first kappa shape index (κ1) is 16.9. The largest absolute Gasteiger partial charge is 0.393 e. The first-order chi connectivity index (χ1) is 10.5. The average Bonchev–Trinajstić information content (AvgIpc) is 2.76. The number of hydrogen-bond acceptors (Lipinski definition) is 4. The molecule has 0 aromatic heterocycles. The molecule has 3 atom stereocenters. The van der Waals surface area contributed by atoms with Crippen LogP contribution in [0, 0.1) is 23.2 Å². The Balaban J connectivity index is 1.82. The van der Waals surface area contributed by atoms with Gasteiger partial charge in [0.15, 0.2) is 0 Å². The number of aliphatic hydroxyl groups is 1. The molecule has 3 rings (SSSR count). The maximum Gasteiger partial charge on any atom is 0.296 e. The summed E-state index contributed by atoms with van der Waals surface area (Å²) >= 11 is 0. The van der Waals surface area contributed by atoms with Crippen LogP contribution in [-0.4, -0.2) is 26.2 Å². The molecule has 2 bridgehead atoms. The van der Waals surface area contributed by atoms with Gasteiger partial charge in [0.1, 0.15) is 0 Å². The van der Waals surface area contributed by atoms with Crippen LogP contribution in [0.3, 0.4) is 0 Å². The van der Waals surface area contributed by atoms with Crippen LogP contribution >= 0.6 is 0 Å². The zero-order valence-electron chi connectivity index (χ0n) is 14.3. The van der Waals surface area contributed by atoms with Gasteiger partial charge < -0.3 is 5.11 Å². The van der Waals surface area contributed by atoms with Gasteiger partial charge in [0.05, 0.1) is 17.6 Å². The van der Waals surface area contributed by atoms with Crippen molar-refractivity contribution in [2.45, 2.75) is 58.0 Å². The van der Waals surface area contributed by atoms with Gasteiger partial charge >= 0.3 is 0 Å². The maximum atomic E-state index is 12.5. The molecule has 2 aliphatic rings. The number of aryl methyl sites for hydroxylation is 1. The predicted octanol–water partition coefficient (Wildman–Crippen LogP) is 3.28. The van der Waals surface area contributed by atoms with Crippen LogP contribution in [0.4, 0.5) is 0 Å². The van der Waals surface area contributed by atoms with Crippen LogP contribution < -0.4 is 0 Å². The molecule has 1 aromatic carbocycles. The Bertz CT molecular complexity index is 707. The van der Waals surface area contributed by atoms with Gasteiger partial charge in [0.25, 0.3) is 10.1 Å². The molecule has 4 nitrogen and oxygen atoms in total. The van der Waals surface area contributed by atoms with E-state index in [2.05, 4.69) is 20.8 Å². The zero-order valence-corrected chi connectivity index (χ0v) is 15.1. The Hall–Kier alpha value is -0.910. The van der Waals surface area contributed by atoms with Gasteiger partial charge in [0.2, 0.25) is 0 Å². The molecule has 0 aliphatic heterocycles. The van der Waals surface area contributed by atoms with Gasteiger partial charge in [-0.15, -0.1) is 0 Å². The number of benzene rings is 1. The third-order valence-corrected chi connectivity index (χ3v) is 8.27. The summed E-state index contributed by atoms with van der Waals surface area (Å²) in [5, 5.41) is 10.5. The van der Waals surface area contributed by atoms with Crippen molar-refractivity contribution >= 4 is 10.1 Å². The van der Waals surface area contributed by atoms with E-state index in [1.54, 1.807) is 24.3 Å². The maximum absolute atomic E-state index is 12.5. The Kier molecular flexibility index (Phi) is 3.71. The van der Waals surface area contributed by atoms with Gasteiger partial charge in [-0.2, -0.15) is 8.42 Å². The lowest BCUT2D eigenvalue weighted by molar-refractivity contribution is 0.00884. The van der Waals surface area contributed by atoms with Crippen molar-refractivity contribution in [1.82, 2.24) is 0 Å². The fraction of sp³-hybridized carbons (Fsp3) is 0.667. The van der Waals surface area contributed by atoms with Crippen molar-refractivity contribution in [1.29, 1.82) is 0 Å². The van der Waals surface area contributed by atoms with E-state index in [4.69, 9.17) is 4.18 Å². The minimum atomic E-state index is -3.76. The van der Waals surface area contributed by atoms with E-state index in [1.165, 1.54) is 0 Å². The van der Waals surface area contributed by atoms with E-state index < -0.39 is 16.2 Å². The van der Waals surface area contributed by atoms with Gasteiger partial charge in [-0.25, -0.2) is 0 Å². The lowest BCUT2D eigenvalue weighted by atomic mass is 9.65. The Morgan fingerprint density at radius 1 is 1.17 bits per heavy atom. The molecule has 2 saturated carbocycles. The molecule has 5 heteroatoms. The van der Waals surface area contributed by atoms with Crippen LogP contribution in [0.15, 0.2) is 29.2 Å². The van der Waals surface area contributed by atoms with E-state index in [9.17, 15) is 13.5 Å². The molecule has 2 aliphatic carbocycles. The molecule has 0 unspecified atom stereocenters. The van der Waals surface area contributed by atoms with Crippen molar-refractivity contribution in [3.63, 3.8) is 0 Å². The third kappa shape index (κ3) is 2.28. The van der Waals surface area contributed by atoms with Crippen LogP contribution in [0.1, 0.15) is 45.6 Å². The topological polar surface area (TPSA) is 63.6 Å². The number of rotatable bonds is 4. The minimum Gasteiger partial charge on any atom is -0.393 e. The second-order valence-electron chi connectivity index (χ2n) is 8.07. The van der Waals surface area contributed by atoms with E-state index in [1.807, 2.05) is 6.92 Å². The lowest BCUT2D eigenvalue weighted by Gasteiger charge is -2.40. The smallest absolute Gasteiger partial charge is 0.296 e. The van der Waals surface area contributed by atoms with Gasteiger partial charge in [-0.1, -0.05) is 38.5 Å². The molecule has 1 aromatic rings. The molecule has 0 heterocycles. The third-order valence-electron chi connectivity index (χ3n) is 7.00. The first-order valence-electron chi connectivity index (χ1n) is 8.18. The molecular formula is C18H26O4S. The minimum absolute atomic E-state index is 0.142. The van der Waals surface area contributed by atoms with Crippen LogP contribution in [-0.2, 0) is 14.3 Å². The van der Waals surface area contributed by atoms with Crippen molar-refractivity contribution in [3.8, 4) is 0 Å². The van der Waals surface area contributed by atoms with E-state index >= 15 is 0 Å². The fourth-order valence-electron chi connectivity index (χ4n) is 4.54. The summed E-state index contributed by atoms with van der Waals surface area (Å²) in [5.74, 6) is 0. The molecule has 23 heavy (non-hydrogen) atoms. The normalized spacial score (nSPS) is 35.6. The summed E-state index contributed by atoms with van der Waals surface area (Å²) < 4.78 is 30.4. The number of hydrogen-bond donors (Lipinski definition) is 1. The molecule has 1 N–H and O–H groups in total. The highest BCUT2D eigenvalue weighted by Crippen LogP contribution is 2.72. The second-order valence-corrected chi connectivity index (χ2v) is 9.69. The van der Waals surface area contributed by atoms with E-state index in [-0.39, 0.29) is 27.7 Å². The van der Waals surface area contributed by atoms with E-state index in [0.29, 0.717) is 6.42 Å². The molecule has 0 spiro atoms. The van der Waals surface area contributed by atoms with Crippen molar-refractivity contribution in [2.75, 3.05) is 6.61 Å². The number of aliphatic hydroxyl groups excluding tert-OH is 1. The van der Waals surface area contributed by atoms with Crippen LogP contribution in [0.5, 0.6) is 0 Å². The van der Waals surface area contributed by atoms with Crippen LogP contribution in [0.2, 0.25) is 0 Å². The summed E-state index contributed by atoms with van der Waals surface area (Å²) in [7, 11) is -3.76. The molecule has 0 amide bonds. The van der Waals surface area contributed by atoms with Crippen molar-refractivity contribution in [2.24, 2.45) is 16.2 Å². The quantitative estimate of drug-likeness (QED) is 0.856. The van der Waals surface area contributed by atoms with Gasteiger partial charge in [0, 0.05) is 5.41 Å². The highest BCUT2D eigenvalue weighted by molar-refractivity contribution is 7.86. The first-order valence-corrected chi connectivity index (χ1v) is 9.59. The SMILES string of the molecule is Cc1ccc(S(=O)(=O)OC[C@]23CC[C@@](C)([C@@H](O)C2)C3(C)C)cc1. The highest BCUT2D eigenvalue weighted by atomic mass is 32.2. The van der Waals surface area contributed by atoms with Gasteiger partial charge in [-0.3, -0.25) is 4.18 Å². The summed E-state index contributed by atoms with van der Waals surface area (Å²) in [5.41, 5.74) is 0.416. The standard InChI is InChI=1S/C18H26O4S/c1-13-5-7-14(8-6-13)23(20,21)22-12-18-10-9-17(4,15(19)11-18)16(18,2)3/h5-8,15,19H,9-12H2,1-4H3/t15-,17-,18-/m0/s1. The lowest BCUT2D eigenvalue weighted by Crippen LogP contribution is -2.39. The fourth-order valence-corrected chi connectivity index (χ4v) is 5.53. The van der Waals surface area contributed by atoms with E-state index in [0.717, 1.165) is 18.4 Å². The molecule has 0 radical (unpaired) electrons. The molecule has 0 saturated heterocycles. The zero-order chi connectivity index (χ0) is 17.1. The monoisotopic (exact) mass is 338 g/mol. The van der Waals surface area contributed by atoms with Crippen LogP contribution in [0.25, 0.3) is 0 Å². The summed E-state index contributed by atoms with van der Waals surface area (Å²) in [4.78, 5) is 0.191. The van der Waals surface area contributed by atoms with Crippen molar-refractivity contribution < 1.29 is 17.7 Å². The summed E-state index contributed by atoms with van der Waals surface area (Å²) in [6.07, 6.45) is 2.03. The molecular weight excluding hydrogens is 312 g/mol. The molecule has 2 fully saturated rings. The molecule has 128 valence electrons. The Labute approximate surface area is 139 Å². The highest BCUT2D eigenvalue weighted by Gasteiger charge is 2.69. The summed E-state index contributed by atoms with van der Waals surface area (Å²) in [6.45, 7) is 8.44. The Morgan fingerprint density at radius 3 is 2.26 bits per heavy atom.